The van der Waals surface area contributed by atoms with Gasteiger partial charge in [-0.05, 0) is 25.8 Å². The Bertz CT molecular complexity index is 591. The summed E-state index contributed by atoms with van der Waals surface area (Å²) in [6.07, 6.45) is 2.03. The Morgan fingerprint density at radius 2 is 1.84 bits per heavy atom. The lowest BCUT2D eigenvalue weighted by atomic mass is 10.1. The highest BCUT2D eigenvalue weighted by Gasteiger charge is 2.23. The molecule has 1 fully saturated rings. The van der Waals surface area contributed by atoms with E-state index in [9.17, 15) is 9.59 Å². The van der Waals surface area contributed by atoms with E-state index in [0.717, 1.165) is 24.2 Å². The van der Waals surface area contributed by atoms with Gasteiger partial charge in [-0.2, -0.15) is 0 Å². The van der Waals surface area contributed by atoms with Crippen LogP contribution in [0.5, 0.6) is 5.75 Å². The molecular weight excluding hydrogens is 318 g/mol. The Morgan fingerprint density at radius 1 is 1.16 bits per heavy atom. The third-order valence-electron chi connectivity index (χ3n) is 4.65. The predicted molar refractivity (Wildman–Crippen MR) is 97.8 cm³/mol. The molecule has 0 bridgehead atoms. The van der Waals surface area contributed by atoms with Gasteiger partial charge in [0.1, 0.15) is 5.75 Å². The fourth-order valence-electron chi connectivity index (χ4n) is 2.90. The summed E-state index contributed by atoms with van der Waals surface area (Å²) in [5.41, 5.74) is 0.894. The average molecular weight is 347 g/mol. The lowest BCUT2D eigenvalue weighted by Gasteiger charge is -2.24. The molecule has 0 spiro atoms. The maximum absolute atomic E-state index is 12.6. The number of urea groups is 1. The number of rotatable bonds is 5. The third-order valence-corrected chi connectivity index (χ3v) is 4.65. The first-order chi connectivity index (χ1) is 12.0. The molecule has 1 unspecified atom stereocenters. The van der Waals surface area contributed by atoms with E-state index in [4.69, 9.17) is 4.74 Å². The smallest absolute Gasteiger partial charge is 0.317 e. The van der Waals surface area contributed by atoms with E-state index in [0.29, 0.717) is 32.6 Å². The number of benzene rings is 1. The summed E-state index contributed by atoms with van der Waals surface area (Å²) in [6.45, 7) is 6.55. The first-order valence-corrected chi connectivity index (χ1v) is 9.00. The van der Waals surface area contributed by atoms with Crippen LogP contribution in [-0.4, -0.2) is 61.1 Å². The number of amides is 3. The molecule has 1 saturated heterocycles. The Labute approximate surface area is 150 Å². The van der Waals surface area contributed by atoms with Gasteiger partial charge in [-0.1, -0.05) is 25.1 Å². The zero-order chi connectivity index (χ0) is 18.2. The number of ether oxygens (including phenoxy) is 1. The summed E-state index contributed by atoms with van der Waals surface area (Å²) in [4.78, 5) is 28.6. The van der Waals surface area contributed by atoms with Gasteiger partial charge < -0.3 is 19.9 Å². The van der Waals surface area contributed by atoms with Crippen LogP contribution in [0.25, 0.3) is 0 Å². The van der Waals surface area contributed by atoms with Crippen LogP contribution in [0.15, 0.2) is 24.3 Å². The first kappa shape index (κ1) is 19.1. The number of carbonyl (C=O) groups excluding carboxylic acids is 2. The van der Waals surface area contributed by atoms with Gasteiger partial charge in [-0.3, -0.25) is 4.79 Å². The summed E-state index contributed by atoms with van der Waals surface area (Å²) >= 11 is 0. The third kappa shape index (κ3) is 5.37. The van der Waals surface area contributed by atoms with Crippen LogP contribution >= 0.6 is 0 Å². The number of hydrogen-bond donors (Lipinski definition) is 1. The maximum Gasteiger partial charge on any atom is 0.317 e. The van der Waals surface area contributed by atoms with E-state index in [1.54, 1.807) is 7.11 Å². The van der Waals surface area contributed by atoms with Gasteiger partial charge in [0.25, 0.3) is 0 Å². The molecule has 0 saturated carbocycles. The highest BCUT2D eigenvalue weighted by atomic mass is 16.5. The maximum atomic E-state index is 12.6. The van der Waals surface area contributed by atoms with Crippen molar-refractivity contribution < 1.29 is 14.3 Å². The van der Waals surface area contributed by atoms with Gasteiger partial charge in [0, 0.05) is 37.8 Å². The summed E-state index contributed by atoms with van der Waals surface area (Å²) in [5, 5.41) is 2.99. The molecule has 3 amide bonds. The Balaban J connectivity index is 1.91. The first-order valence-electron chi connectivity index (χ1n) is 9.00. The monoisotopic (exact) mass is 347 g/mol. The van der Waals surface area contributed by atoms with E-state index in [2.05, 4.69) is 5.32 Å². The van der Waals surface area contributed by atoms with Crippen molar-refractivity contribution in [2.75, 3.05) is 33.3 Å². The number of para-hydroxylation sites is 1. The molecule has 0 aliphatic carbocycles. The van der Waals surface area contributed by atoms with Crippen molar-refractivity contribution >= 4 is 11.9 Å². The summed E-state index contributed by atoms with van der Waals surface area (Å²) in [6, 6.07) is 7.72. The zero-order valence-electron chi connectivity index (χ0n) is 15.5. The quantitative estimate of drug-likeness (QED) is 0.889. The second kappa shape index (κ2) is 9.30. The minimum Gasteiger partial charge on any atom is -0.496 e. The molecule has 1 aromatic carbocycles. The van der Waals surface area contributed by atoms with Crippen LogP contribution in [0.1, 0.15) is 32.3 Å². The van der Waals surface area contributed by atoms with Crippen LogP contribution < -0.4 is 10.1 Å². The molecule has 1 aromatic rings. The van der Waals surface area contributed by atoms with Crippen LogP contribution in [0.4, 0.5) is 4.79 Å². The van der Waals surface area contributed by atoms with E-state index >= 15 is 0 Å². The van der Waals surface area contributed by atoms with E-state index in [1.165, 1.54) is 0 Å². The van der Waals surface area contributed by atoms with Crippen LogP contribution in [0.3, 0.4) is 0 Å². The van der Waals surface area contributed by atoms with Crippen molar-refractivity contribution in [3.05, 3.63) is 29.8 Å². The largest absolute Gasteiger partial charge is 0.496 e. The van der Waals surface area contributed by atoms with E-state index in [-0.39, 0.29) is 18.0 Å². The fourth-order valence-corrected chi connectivity index (χ4v) is 2.90. The average Bonchev–Trinajstić information content (AvgIpc) is 2.88. The van der Waals surface area contributed by atoms with Gasteiger partial charge >= 0.3 is 6.03 Å². The molecule has 1 heterocycles. The van der Waals surface area contributed by atoms with Crippen LogP contribution in [-0.2, 0) is 11.2 Å². The molecule has 25 heavy (non-hydrogen) atoms. The van der Waals surface area contributed by atoms with Gasteiger partial charge in [-0.25, -0.2) is 4.79 Å². The molecule has 0 aromatic heterocycles. The molecule has 6 heteroatoms. The van der Waals surface area contributed by atoms with Crippen molar-refractivity contribution in [3.63, 3.8) is 0 Å². The molecule has 0 radical (unpaired) electrons. The highest BCUT2D eigenvalue weighted by molar-refractivity contribution is 5.80. The Kier molecular flexibility index (Phi) is 7.10. The lowest BCUT2D eigenvalue weighted by molar-refractivity contribution is -0.130. The lowest BCUT2D eigenvalue weighted by Crippen LogP contribution is -2.45. The molecular formula is C19H29N3O3. The van der Waals surface area contributed by atoms with E-state index < -0.39 is 0 Å². The van der Waals surface area contributed by atoms with E-state index in [1.807, 2.05) is 47.9 Å². The number of hydrogen-bond acceptors (Lipinski definition) is 3. The number of nitrogens with one attached hydrogen (secondary N) is 1. The normalized spacial score (nSPS) is 16.1. The zero-order valence-corrected chi connectivity index (χ0v) is 15.5. The van der Waals surface area contributed by atoms with Crippen molar-refractivity contribution in [2.24, 2.45) is 0 Å². The molecule has 1 aliphatic rings. The number of carbonyl (C=O) groups is 2. The highest BCUT2D eigenvalue weighted by Crippen LogP contribution is 2.19. The van der Waals surface area contributed by atoms with Gasteiger partial charge in [0.2, 0.25) is 5.91 Å². The van der Waals surface area contributed by atoms with Crippen molar-refractivity contribution in [1.82, 2.24) is 15.1 Å². The summed E-state index contributed by atoms with van der Waals surface area (Å²) in [5.74, 6) is 0.814. The van der Waals surface area contributed by atoms with Crippen molar-refractivity contribution in [1.29, 1.82) is 0 Å². The topological polar surface area (TPSA) is 61.9 Å². The number of methoxy groups -OCH3 is 1. The van der Waals surface area contributed by atoms with Crippen LogP contribution in [0.2, 0.25) is 0 Å². The number of nitrogens with zero attached hydrogens (tertiary/aromatic N) is 2. The standard InChI is InChI=1S/C19H29N3O3/c1-4-15(2)20-19(24)22-11-7-10-21(12-13-22)18(23)14-16-8-5-6-9-17(16)25-3/h5-6,8-9,15H,4,7,10-14H2,1-3H3,(H,20,24). The second-order valence-electron chi connectivity index (χ2n) is 6.47. The molecule has 138 valence electrons. The molecule has 2 rings (SSSR count). The minimum atomic E-state index is -0.0339. The summed E-state index contributed by atoms with van der Waals surface area (Å²) < 4.78 is 5.32. The summed E-state index contributed by atoms with van der Waals surface area (Å²) in [7, 11) is 1.61. The predicted octanol–water partition coefficient (Wildman–Crippen LogP) is 2.28. The Morgan fingerprint density at radius 3 is 2.56 bits per heavy atom. The Hall–Kier alpha value is -2.24. The van der Waals surface area contributed by atoms with Gasteiger partial charge in [0.15, 0.2) is 0 Å². The molecule has 1 aliphatic heterocycles. The molecule has 6 nitrogen and oxygen atoms in total. The minimum absolute atomic E-state index is 0.0339. The fraction of sp³-hybridized carbons (Fsp3) is 0.579. The van der Waals surface area contributed by atoms with Crippen molar-refractivity contribution in [3.8, 4) is 5.75 Å². The van der Waals surface area contributed by atoms with Crippen molar-refractivity contribution in [2.45, 2.75) is 39.2 Å². The SMILES string of the molecule is CCC(C)NC(=O)N1CCCN(C(=O)Cc2ccccc2OC)CC1. The second-order valence-corrected chi connectivity index (χ2v) is 6.47. The van der Waals surface area contributed by atoms with Gasteiger partial charge in [-0.15, -0.1) is 0 Å². The van der Waals surface area contributed by atoms with Gasteiger partial charge in [0.05, 0.1) is 13.5 Å². The molecule has 1 atom stereocenters. The molecule has 1 N–H and O–H groups in total. The van der Waals surface area contributed by atoms with Crippen LogP contribution in [0, 0.1) is 0 Å².